The van der Waals surface area contributed by atoms with Crippen molar-refractivity contribution in [1.29, 1.82) is 0 Å². The van der Waals surface area contributed by atoms with Gasteiger partial charge in [-0.05, 0) is 17.7 Å². The van der Waals surface area contributed by atoms with Crippen LogP contribution in [0.1, 0.15) is 5.56 Å². The molecule has 0 radical (unpaired) electrons. The zero-order chi connectivity index (χ0) is 13.4. The first kappa shape index (κ1) is 14.5. The predicted molar refractivity (Wildman–Crippen MR) is 70.2 cm³/mol. The highest BCUT2D eigenvalue weighted by Gasteiger charge is 2.09. The summed E-state index contributed by atoms with van der Waals surface area (Å²) in [4.78, 5) is 11.7. The third-order valence-electron chi connectivity index (χ3n) is 2.53. The molecule has 0 bridgehead atoms. The summed E-state index contributed by atoms with van der Waals surface area (Å²) in [5, 5.41) is 2.80. The number of nitrogens with one attached hydrogen (secondary N) is 1. The van der Waals surface area contributed by atoms with Crippen LogP contribution in [0.4, 0.5) is 5.69 Å². The summed E-state index contributed by atoms with van der Waals surface area (Å²) >= 11 is 0. The van der Waals surface area contributed by atoms with Gasteiger partial charge in [-0.15, -0.1) is 0 Å². The molecule has 1 amide bonds. The minimum Gasteiger partial charge on any atom is -0.399 e. The Morgan fingerprint density at radius 1 is 1.44 bits per heavy atom. The Labute approximate surface area is 107 Å². The molecule has 100 valence electrons. The third-order valence-corrected chi connectivity index (χ3v) is 2.53. The largest absolute Gasteiger partial charge is 0.399 e. The van der Waals surface area contributed by atoms with Crippen LogP contribution in [0.25, 0.3) is 0 Å². The monoisotopic (exact) mass is 252 g/mol. The third kappa shape index (κ3) is 5.16. The van der Waals surface area contributed by atoms with Crippen molar-refractivity contribution in [1.82, 2.24) is 5.32 Å². The maximum Gasteiger partial charge on any atom is 0.224 e. The first-order chi connectivity index (χ1) is 8.65. The number of hydrogen-bond donors (Lipinski definition) is 2. The maximum atomic E-state index is 11.7. The highest BCUT2D eigenvalue weighted by atomic mass is 16.5. The zero-order valence-corrected chi connectivity index (χ0v) is 10.8. The average molecular weight is 252 g/mol. The van der Waals surface area contributed by atoms with Crippen molar-refractivity contribution in [2.75, 3.05) is 33.1 Å². The number of ether oxygens (including phenoxy) is 2. The molecule has 0 spiro atoms. The van der Waals surface area contributed by atoms with Gasteiger partial charge in [-0.2, -0.15) is 0 Å². The van der Waals surface area contributed by atoms with Crippen molar-refractivity contribution in [2.24, 2.45) is 0 Å². The van der Waals surface area contributed by atoms with Crippen molar-refractivity contribution >= 4 is 11.6 Å². The van der Waals surface area contributed by atoms with Crippen LogP contribution in [0.15, 0.2) is 24.3 Å². The average Bonchev–Trinajstić information content (AvgIpc) is 2.34. The van der Waals surface area contributed by atoms with Gasteiger partial charge < -0.3 is 20.5 Å². The van der Waals surface area contributed by atoms with E-state index in [1.165, 1.54) is 0 Å². The van der Waals surface area contributed by atoms with E-state index in [-0.39, 0.29) is 12.0 Å². The molecule has 0 aliphatic heterocycles. The Morgan fingerprint density at radius 2 is 2.22 bits per heavy atom. The van der Waals surface area contributed by atoms with Crippen LogP contribution < -0.4 is 11.1 Å². The van der Waals surface area contributed by atoms with Crippen molar-refractivity contribution in [3.8, 4) is 0 Å². The van der Waals surface area contributed by atoms with E-state index in [1.54, 1.807) is 26.4 Å². The molecule has 0 saturated heterocycles. The Hall–Kier alpha value is -1.59. The summed E-state index contributed by atoms with van der Waals surface area (Å²) in [5.74, 6) is -0.0567. The molecule has 5 heteroatoms. The Kier molecular flexibility index (Phi) is 6.18. The number of amides is 1. The van der Waals surface area contributed by atoms with Crippen molar-refractivity contribution in [3.05, 3.63) is 29.8 Å². The fraction of sp³-hybridized carbons (Fsp3) is 0.462. The van der Waals surface area contributed by atoms with E-state index in [4.69, 9.17) is 15.2 Å². The SMILES string of the molecule is COCC(CNC(=O)Cc1cccc(N)c1)OC. The molecule has 0 fully saturated rings. The first-order valence-corrected chi connectivity index (χ1v) is 5.78. The molecule has 1 aromatic rings. The van der Waals surface area contributed by atoms with Crippen molar-refractivity contribution in [2.45, 2.75) is 12.5 Å². The standard InChI is InChI=1S/C13H20N2O3/c1-17-9-12(18-2)8-15-13(16)7-10-4-3-5-11(14)6-10/h3-6,12H,7-9,14H2,1-2H3,(H,15,16). The number of nitrogen functional groups attached to an aromatic ring is 1. The fourth-order valence-electron chi connectivity index (χ4n) is 1.57. The molecular formula is C13H20N2O3. The number of carbonyl (C=O) groups is 1. The van der Waals surface area contributed by atoms with E-state index in [0.29, 0.717) is 25.3 Å². The van der Waals surface area contributed by atoms with Crippen molar-refractivity contribution in [3.63, 3.8) is 0 Å². The van der Waals surface area contributed by atoms with E-state index < -0.39 is 0 Å². The number of hydrogen-bond acceptors (Lipinski definition) is 4. The van der Waals surface area contributed by atoms with Crippen molar-refractivity contribution < 1.29 is 14.3 Å². The van der Waals surface area contributed by atoms with Gasteiger partial charge in [-0.3, -0.25) is 4.79 Å². The minimum absolute atomic E-state index is 0.0567. The van der Waals surface area contributed by atoms with Crippen LogP contribution in [0.5, 0.6) is 0 Å². The zero-order valence-electron chi connectivity index (χ0n) is 10.8. The van der Waals surface area contributed by atoms with E-state index in [2.05, 4.69) is 5.32 Å². The molecule has 1 rings (SSSR count). The molecule has 1 aromatic carbocycles. The molecular weight excluding hydrogens is 232 g/mol. The lowest BCUT2D eigenvalue weighted by molar-refractivity contribution is -0.121. The van der Waals surface area contributed by atoms with E-state index >= 15 is 0 Å². The summed E-state index contributed by atoms with van der Waals surface area (Å²) in [5.41, 5.74) is 7.21. The maximum absolute atomic E-state index is 11.7. The number of methoxy groups -OCH3 is 2. The molecule has 0 saturated carbocycles. The van der Waals surface area contributed by atoms with Crippen LogP contribution in [0, 0.1) is 0 Å². The molecule has 1 atom stereocenters. The highest BCUT2D eigenvalue weighted by molar-refractivity contribution is 5.78. The predicted octanol–water partition coefficient (Wildman–Crippen LogP) is 0.589. The number of rotatable bonds is 7. The van der Waals surface area contributed by atoms with E-state index in [1.807, 2.05) is 12.1 Å². The lowest BCUT2D eigenvalue weighted by Crippen LogP contribution is -2.36. The first-order valence-electron chi connectivity index (χ1n) is 5.78. The number of nitrogens with two attached hydrogens (primary N) is 1. The lowest BCUT2D eigenvalue weighted by Gasteiger charge is -2.15. The van der Waals surface area contributed by atoms with Gasteiger partial charge in [-0.25, -0.2) is 0 Å². The summed E-state index contributed by atoms with van der Waals surface area (Å²) in [6.45, 7) is 0.889. The minimum atomic E-state index is -0.125. The molecule has 5 nitrogen and oxygen atoms in total. The van der Waals surface area contributed by atoms with Gasteiger partial charge >= 0.3 is 0 Å². The second kappa shape index (κ2) is 7.68. The molecule has 3 N–H and O–H groups in total. The number of anilines is 1. The molecule has 18 heavy (non-hydrogen) atoms. The molecule has 0 heterocycles. The molecule has 0 aliphatic carbocycles. The summed E-state index contributed by atoms with van der Waals surface area (Å²) in [7, 11) is 3.19. The smallest absolute Gasteiger partial charge is 0.224 e. The van der Waals surface area contributed by atoms with E-state index in [0.717, 1.165) is 5.56 Å². The number of carbonyl (C=O) groups excluding carboxylic acids is 1. The fourth-order valence-corrected chi connectivity index (χ4v) is 1.57. The molecule has 0 aromatic heterocycles. The quantitative estimate of drug-likeness (QED) is 0.697. The normalized spacial score (nSPS) is 12.1. The van der Waals surface area contributed by atoms with Gasteiger partial charge in [0, 0.05) is 26.5 Å². The van der Waals surface area contributed by atoms with Gasteiger partial charge in [0.1, 0.15) is 0 Å². The second-order valence-corrected chi connectivity index (χ2v) is 4.04. The molecule has 0 aliphatic rings. The number of benzene rings is 1. The van der Waals surface area contributed by atoms with E-state index in [9.17, 15) is 4.79 Å². The van der Waals surface area contributed by atoms with Gasteiger partial charge in [0.2, 0.25) is 5.91 Å². The topological polar surface area (TPSA) is 73.6 Å². The Morgan fingerprint density at radius 3 is 2.83 bits per heavy atom. The molecule has 1 unspecified atom stereocenters. The summed E-state index contributed by atoms with van der Waals surface area (Å²) < 4.78 is 10.1. The Balaban J connectivity index is 2.37. The van der Waals surface area contributed by atoms with Gasteiger partial charge in [0.25, 0.3) is 0 Å². The van der Waals surface area contributed by atoms with Crippen LogP contribution in [-0.4, -0.2) is 39.4 Å². The summed E-state index contributed by atoms with van der Waals surface area (Å²) in [6, 6.07) is 7.29. The van der Waals surface area contributed by atoms with Crippen LogP contribution in [0.3, 0.4) is 0 Å². The van der Waals surface area contributed by atoms with Crippen LogP contribution in [0.2, 0.25) is 0 Å². The Bertz CT molecular complexity index is 382. The second-order valence-electron chi connectivity index (χ2n) is 4.04. The highest BCUT2D eigenvalue weighted by Crippen LogP contribution is 2.06. The summed E-state index contributed by atoms with van der Waals surface area (Å²) in [6.07, 6.45) is 0.189. The van der Waals surface area contributed by atoms with Gasteiger partial charge in [0.05, 0.1) is 19.1 Å². The van der Waals surface area contributed by atoms with Crippen LogP contribution >= 0.6 is 0 Å². The van der Waals surface area contributed by atoms with Crippen LogP contribution in [-0.2, 0) is 20.7 Å². The van der Waals surface area contributed by atoms with Gasteiger partial charge in [-0.1, -0.05) is 12.1 Å². The lowest BCUT2D eigenvalue weighted by atomic mass is 10.1. The van der Waals surface area contributed by atoms with Gasteiger partial charge in [0.15, 0.2) is 0 Å².